The number of amides is 1. The van der Waals surface area contributed by atoms with Gasteiger partial charge in [0.25, 0.3) is 0 Å². The standard InChI is InChI=1S/C30H38N2O3/c1-30-14-13-25-24-12-10-23(35-2)16-21(24)9-11-26(25)29(30)22(17-27(30)33)7-3-4-8-28(34)32-19-20-6-5-15-31-18-20/h5-6,10,12,15-16,18,22,25-26,29H,3-4,7-9,11,13-14,17,19H2,1-2H3,(H,32,34)/t22-,25-,26-,29+,30-/m1/s1. The summed E-state index contributed by atoms with van der Waals surface area (Å²) in [6.07, 6.45) is 12.1. The lowest BCUT2D eigenvalue weighted by molar-refractivity contribution is -0.129. The maximum absolute atomic E-state index is 13.2. The van der Waals surface area contributed by atoms with Crippen LogP contribution in [0.4, 0.5) is 0 Å². The molecule has 0 bridgehead atoms. The van der Waals surface area contributed by atoms with Gasteiger partial charge in [0, 0.05) is 37.2 Å². The Morgan fingerprint density at radius 2 is 2.11 bits per heavy atom. The fourth-order valence-corrected chi connectivity index (χ4v) is 7.49. The second kappa shape index (κ2) is 10.1. The van der Waals surface area contributed by atoms with Crippen molar-refractivity contribution >= 4 is 11.7 Å². The predicted molar refractivity (Wildman–Crippen MR) is 136 cm³/mol. The number of hydrogen-bond acceptors (Lipinski definition) is 4. The Hall–Kier alpha value is -2.69. The molecule has 3 aliphatic carbocycles. The lowest BCUT2D eigenvalue weighted by atomic mass is 9.54. The molecular formula is C30H38N2O3. The summed E-state index contributed by atoms with van der Waals surface area (Å²) in [5, 5.41) is 3.00. The molecule has 5 atom stereocenters. The Morgan fingerprint density at radius 1 is 1.23 bits per heavy atom. The molecule has 0 aliphatic heterocycles. The topological polar surface area (TPSA) is 68.3 Å². The zero-order valence-electron chi connectivity index (χ0n) is 21.1. The van der Waals surface area contributed by atoms with Gasteiger partial charge in [-0.05, 0) is 97.1 Å². The van der Waals surface area contributed by atoms with Gasteiger partial charge in [-0.1, -0.05) is 25.5 Å². The van der Waals surface area contributed by atoms with Crippen molar-refractivity contribution in [2.45, 2.75) is 77.2 Å². The van der Waals surface area contributed by atoms with Crippen molar-refractivity contribution < 1.29 is 14.3 Å². The third-order valence-electron chi connectivity index (χ3n) is 9.22. The summed E-state index contributed by atoms with van der Waals surface area (Å²) in [4.78, 5) is 29.6. The quantitative estimate of drug-likeness (QED) is 0.504. The van der Waals surface area contributed by atoms with Crippen LogP contribution in [0, 0.1) is 23.2 Å². The molecule has 2 fully saturated rings. The van der Waals surface area contributed by atoms with Crippen molar-refractivity contribution in [2.75, 3.05) is 7.11 Å². The molecule has 1 aromatic heterocycles. The number of unbranched alkanes of at least 4 members (excludes halogenated alkanes) is 1. The zero-order valence-corrected chi connectivity index (χ0v) is 21.1. The Labute approximate surface area is 209 Å². The van der Waals surface area contributed by atoms with Crippen LogP contribution < -0.4 is 10.1 Å². The first-order valence-corrected chi connectivity index (χ1v) is 13.4. The van der Waals surface area contributed by atoms with E-state index in [0.29, 0.717) is 42.4 Å². The fourth-order valence-electron chi connectivity index (χ4n) is 7.49. The van der Waals surface area contributed by atoms with E-state index in [1.54, 1.807) is 19.5 Å². The maximum Gasteiger partial charge on any atom is 0.220 e. The van der Waals surface area contributed by atoms with Gasteiger partial charge in [0.2, 0.25) is 5.91 Å². The molecule has 1 amide bonds. The number of ketones is 1. The van der Waals surface area contributed by atoms with Crippen LogP contribution in [0.3, 0.4) is 0 Å². The molecule has 0 radical (unpaired) electrons. The molecule has 5 nitrogen and oxygen atoms in total. The smallest absolute Gasteiger partial charge is 0.220 e. The molecular weight excluding hydrogens is 436 g/mol. The molecule has 0 unspecified atom stereocenters. The molecule has 5 heteroatoms. The number of carbonyl (C=O) groups excluding carboxylic acids is 2. The van der Waals surface area contributed by atoms with Crippen molar-refractivity contribution in [3.05, 3.63) is 59.4 Å². The minimum absolute atomic E-state index is 0.0956. The molecule has 2 saturated carbocycles. The number of ether oxygens (including phenoxy) is 1. The number of nitrogens with zero attached hydrogens (tertiary/aromatic N) is 1. The lowest BCUT2D eigenvalue weighted by Crippen LogP contribution is -2.44. The van der Waals surface area contributed by atoms with Crippen LogP contribution in [0.25, 0.3) is 0 Å². The number of rotatable bonds is 8. The molecule has 186 valence electrons. The predicted octanol–water partition coefficient (Wildman–Crippen LogP) is 5.62. The number of aromatic nitrogens is 1. The van der Waals surface area contributed by atoms with Crippen LogP contribution in [0.5, 0.6) is 5.75 Å². The average molecular weight is 475 g/mol. The zero-order chi connectivity index (χ0) is 24.4. The van der Waals surface area contributed by atoms with Gasteiger partial charge in [-0.3, -0.25) is 14.6 Å². The SMILES string of the molecule is COc1ccc2c(c1)CC[C@H]1[C@@H]3[C@H](CCCCC(=O)NCc4cccnc4)CC(=O)[C@@]3(C)CC[C@H]21. The molecule has 5 rings (SSSR count). The van der Waals surface area contributed by atoms with Crippen LogP contribution in [0.1, 0.15) is 80.9 Å². The first-order chi connectivity index (χ1) is 17.0. The van der Waals surface area contributed by atoms with Gasteiger partial charge in [0.15, 0.2) is 0 Å². The van der Waals surface area contributed by atoms with E-state index in [0.717, 1.165) is 56.3 Å². The molecule has 0 spiro atoms. The van der Waals surface area contributed by atoms with E-state index in [2.05, 4.69) is 35.4 Å². The van der Waals surface area contributed by atoms with Crippen molar-refractivity contribution in [1.82, 2.24) is 10.3 Å². The minimum atomic E-state index is -0.156. The van der Waals surface area contributed by atoms with E-state index in [9.17, 15) is 9.59 Å². The number of fused-ring (bicyclic) bond motifs is 5. The molecule has 1 heterocycles. The fraction of sp³-hybridized carbons (Fsp3) is 0.567. The van der Waals surface area contributed by atoms with Crippen LogP contribution >= 0.6 is 0 Å². The van der Waals surface area contributed by atoms with Gasteiger partial charge in [0.05, 0.1) is 7.11 Å². The van der Waals surface area contributed by atoms with Gasteiger partial charge in [-0.15, -0.1) is 0 Å². The monoisotopic (exact) mass is 474 g/mol. The molecule has 2 aromatic rings. The molecule has 1 aromatic carbocycles. The van der Waals surface area contributed by atoms with E-state index in [1.165, 1.54) is 17.5 Å². The second-order valence-corrected chi connectivity index (χ2v) is 11.1. The van der Waals surface area contributed by atoms with Crippen LogP contribution in [-0.2, 0) is 22.6 Å². The van der Waals surface area contributed by atoms with Crippen molar-refractivity contribution in [3.8, 4) is 5.75 Å². The van der Waals surface area contributed by atoms with Crippen molar-refractivity contribution in [2.24, 2.45) is 23.2 Å². The summed E-state index contributed by atoms with van der Waals surface area (Å²) >= 11 is 0. The molecule has 35 heavy (non-hydrogen) atoms. The highest BCUT2D eigenvalue weighted by Crippen LogP contribution is 2.62. The highest BCUT2D eigenvalue weighted by molar-refractivity contribution is 5.87. The number of pyridine rings is 1. The van der Waals surface area contributed by atoms with Crippen LogP contribution in [0.2, 0.25) is 0 Å². The highest BCUT2D eigenvalue weighted by atomic mass is 16.5. The number of Topliss-reactive ketones (excluding diaryl/α,β-unsaturated/α-hetero) is 1. The Kier molecular flexibility index (Phi) is 6.95. The average Bonchev–Trinajstić information content (AvgIpc) is 3.15. The highest BCUT2D eigenvalue weighted by Gasteiger charge is 2.58. The van der Waals surface area contributed by atoms with E-state index >= 15 is 0 Å². The second-order valence-electron chi connectivity index (χ2n) is 11.1. The van der Waals surface area contributed by atoms with Crippen LogP contribution in [0.15, 0.2) is 42.7 Å². The molecule has 1 N–H and O–H groups in total. The first kappa shape index (κ1) is 24.0. The summed E-state index contributed by atoms with van der Waals surface area (Å²) in [5.74, 6) is 3.62. The number of benzene rings is 1. The van der Waals surface area contributed by atoms with E-state index < -0.39 is 0 Å². The maximum atomic E-state index is 13.2. The van der Waals surface area contributed by atoms with Crippen molar-refractivity contribution in [3.63, 3.8) is 0 Å². The summed E-state index contributed by atoms with van der Waals surface area (Å²) < 4.78 is 5.47. The third-order valence-corrected chi connectivity index (χ3v) is 9.22. The van der Waals surface area contributed by atoms with Gasteiger partial charge in [-0.2, -0.15) is 0 Å². The third kappa shape index (κ3) is 4.74. The Balaban J connectivity index is 1.19. The number of hydrogen-bond donors (Lipinski definition) is 1. The minimum Gasteiger partial charge on any atom is -0.497 e. The summed E-state index contributed by atoms with van der Waals surface area (Å²) in [7, 11) is 1.73. The Bertz CT molecular complexity index is 1070. The molecule has 0 saturated heterocycles. The van der Waals surface area contributed by atoms with E-state index in [1.807, 2.05) is 12.1 Å². The Morgan fingerprint density at radius 3 is 2.91 bits per heavy atom. The lowest BCUT2D eigenvalue weighted by Gasteiger charge is -2.50. The number of carbonyl (C=O) groups is 2. The van der Waals surface area contributed by atoms with Crippen molar-refractivity contribution in [1.29, 1.82) is 0 Å². The number of aryl methyl sites for hydroxylation is 1. The summed E-state index contributed by atoms with van der Waals surface area (Å²) in [5.41, 5.74) is 3.79. The summed E-state index contributed by atoms with van der Waals surface area (Å²) in [6.45, 7) is 2.78. The molecule has 3 aliphatic rings. The van der Waals surface area contributed by atoms with E-state index in [-0.39, 0.29) is 11.3 Å². The summed E-state index contributed by atoms with van der Waals surface area (Å²) in [6, 6.07) is 10.5. The van der Waals surface area contributed by atoms with Gasteiger partial charge in [-0.25, -0.2) is 0 Å². The van der Waals surface area contributed by atoms with Gasteiger partial charge in [0.1, 0.15) is 11.5 Å². The van der Waals surface area contributed by atoms with Crippen LogP contribution in [-0.4, -0.2) is 23.8 Å². The number of nitrogens with one attached hydrogen (secondary N) is 1. The number of methoxy groups -OCH3 is 1. The van der Waals surface area contributed by atoms with E-state index in [4.69, 9.17) is 4.74 Å². The first-order valence-electron chi connectivity index (χ1n) is 13.4. The van der Waals surface area contributed by atoms with Gasteiger partial charge >= 0.3 is 0 Å². The largest absolute Gasteiger partial charge is 0.497 e. The van der Waals surface area contributed by atoms with Gasteiger partial charge < -0.3 is 10.1 Å². The normalized spacial score (nSPS) is 29.1.